The number of benzene rings is 2. The highest BCUT2D eigenvalue weighted by Crippen LogP contribution is 2.30. The molecule has 0 saturated carbocycles. The molecule has 0 aliphatic carbocycles. The molecule has 1 nitrogen and oxygen atoms in total. The van der Waals surface area contributed by atoms with E-state index in [2.05, 4.69) is 12.1 Å². The first-order valence-electron chi connectivity index (χ1n) is 6.21. The highest BCUT2D eigenvalue weighted by atomic mass is 35.5. The van der Waals surface area contributed by atoms with Gasteiger partial charge in [-0.2, -0.15) is 0 Å². The van der Waals surface area contributed by atoms with Crippen LogP contribution in [0.2, 0.25) is 5.02 Å². The van der Waals surface area contributed by atoms with E-state index in [1.807, 2.05) is 49.4 Å². The first kappa shape index (κ1) is 13.1. The Balaban J connectivity index is 2.40. The molecule has 0 bridgehead atoms. The summed E-state index contributed by atoms with van der Waals surface area (Å²) in [4.78, 5) is 0. The summed E-state index contributed by atoms with van der Waals surface area (Å²) < 4.78 is 0. The van der Waals surface area contributed by atoms with E-state index in [1.165, 1.54) is 0 Å². The largest absolute Gasteiger partial charge is 0.392 e. The van der Waals surface area contributed by atoms with E-state index in [0.717, 1.165) is 22.6 Å². The van der Waals surface area contributed by atoms with Crippen LogP contribution >= 0.6 is 11.6 Å². The predicted octanol–water partition coefficient (Wildman–Crippen LogP) is 4.24. The van der Waals surface area contributed by atoms with Gasteiger partial charge in [-0.05, 0) is 29.7 Å². The van der Waals surface area contributed by atoms with Crippen molar-refractivity contribution >= 4 is 11.6 Å². The number of aliphatic hydroxyl groups is 1. The second kappa shape index (κ2) is 6.03. The summed E-state index contributed by atoms with van der Waals surface area (Å²) >= 11 is 5.91. The van der Waals surface area contributed by atoms with Gasteiger partial charge in [0.15, 0.2) is 0 Å². The minimum atomic E-state index is -0.381. The molecule has 1 N–H and O–H groups in total. The third-order valence-electron chi connectivity index (χ3n) is 3.19. The van der Waals surface area contributed by atoms with Gasteiger partial charge in [-0.1, -0.05) is 61.0 Å². The molecule has 2 heteroatoms. The minimum Gasteiger partial charge on any atom is -0.392 e. The molecule has 0 radical (unpaired) electrons. The summed E-state index contributed by atoms with van der Waals surface area (Å²) in [6.45, 7) is 2.00. The van der Waals surface area contributed by atoms with Crippen LogP contribution in [0.3, 0.4) is 0 Å². The molecule has 0 aliphatic rings. The average molecular weight is 261 g/mol. The van der Waals surface area contributed by atoms with Crippen LogP contribution in [0.5, 0.6) is 0 Å². The maximum absolute atomic E-state index is 10.3. The first-order chi connectivity index (χ1) is 8.72. The number of aliphatic hydroxyl groups excluding tert-OH is 1. The number of hydrogen-bond acceptors (Lipinski definition) is 1. The normalized spacial score (nSPS) is 14.2. The van der Waals surface area contributed by atoms with Crippen molar-refractivity contribution in [2.24, 2.45) is 0 Å². The van der Waals surface area contributed by atoms with Gasteiger partial charge in [-0.15, -0.1) is 0 Å². The standard InChI is InChI=1S/C16H17ClO/c1-2-15(18)16(12-6-4-3-5-7-12)13-8-10-14(17)11-9-13/h3-11,15-16,18H,2H2,1H3. The Bertz CT molecular complexity index is 478. The number of hydrogen-bond donors (Lipinski definition) is 1. The number of halogens is 1. The van der Waals surface area contributed by atoms with Crippen LogP contribution in [0.1, 0.15) is 30.4 Å². The van der Waals surface area contributed by atoms with Crippen molar-refractivity contribution in [3.8, 4) is 0 Å². The van der Waals surface area contributed by atoms with E-state index in [9.17, 15) is 5.11 Å². The maximum atomic E-state index is 10.3. The smallest absolute Gasteiger partial charge is 0.0646 e. The molecule has 94 valence electrons. The van der Waals surface area contributed by atoms with Gasteiger partial charge in [0, 0.05) is 10.9 Å². The van der Waals surface area contributed by atoms with Crippen molar-refractivity contribution < 1.29 is 5.11 Å². The molecular weight excluding hydrogens is 244 g/mol. The van der Waals surface area contributed by atoms with Gasteiger partial charge in [0.2, 0.25) is 0 Å². The minimum absolute atomic E-state index is 0.00784. The average Bonchev–Trinajstić information content (AvgIpc) is 2.42. The summed E-state index contributed by atoms with van der Waals surface area (Å²) in [5.74, 6) is 0.00784. The van der Waals surface area contributed by atoms with Gasteiger partial charge in [0.05, 0.1) is 6.10 Å². The lowest BCUT2D eigenvalue weighted by Crippen LogP contribution is -2.18. The van der Waals surface area contributed by atoms with Crippen molar-refractivity contribution in [2.45, 2.75) is 25.4 Å². The zero-order valence-corrected chi connectivity index (χ0v) is 11.1. The zero-order chi connectivity index (χ0) is 13.0. The van der Waals surface area contributed by atoms with Gasteiger partial charge in [-0.3, -0.25) is 0 Å². The van der Waals surface area contributed by atoms with E-state index in [-0.39, 0.29) is 12.0 Å². The summed E-state index contributed by atoms with van der Waals surface area (Å²) in [5.41, 5.74) is 2.23. The van der Waals surface area contributed by atoms with Crippen molar-refractivity contribution in [2.75, 3.05) is 0 Å². The van der Waals surface area contributed by atoms with Crippen molar-refractivity contribution in [3.63, 3.8) is 0 Å². The Hall–Kier alpha value is -1.31. The van der Waals surface area contributed by atoms with Gasteiger partial charge >= 0.3 is 0 Å². The monoisotopic (exact) mass is 260 g/mol. The quantitative estimate of drug-likeness (QED) is 0.872. The van der Waals surface area contributed by atoms with Gasteiger partial charge in [0.1, 0.15) is 0 Å². The molecule has 2 atom stereocenters. The second-order valence-electron chi connectivity index (χ2n) is 4.42. The molecule has 0 aliphatic heterocycles. The molecule has 0 spiro atoms. The van der Waals surface area contributed by atoms with E-state index < -0.39 is 0 Å². The molecule has 0 saturated heterocycles. The Morgan fingerprint density at radius 2 is 1.50 bits per heavy atom. The van der Waals surface area contributed by atoms with Crippen molar-refractivity contribution in [1.29, 1.82) is 0 Å². The second-order valence-corrected chi connectivity index (χ2v) is 4.85. The fraction of sp³-hybridized carbons (Fsp3) is 0.250. The molecule has 0 amide bonds. The van der Waals surface area contributed by atoms with Crippen LogP contribution in [-0.2, 0) is 0 Å². The predicted molar refractivity (Wildman–Crippen MR) is 76.0 cm³/mol. The maximum Gasteiger partial charge on any atom is 0.0646 e. The molecular formula is C16H17ClO. The van der Waals surface area contributed by atoms with Gasteiger partial charge < -0.3 is 5.11 Å². The van der Waals surface area contributed by atoms with Gasteiger partial charge in [-0.25, -0.2) is 0 Å². The van der Waals surface area contributed by atoms with Crippen LogP contribution in [0.15, 0.2) is 54.6 Å². The van der Waals surface area contributed by atoms with Crippen LogP contribution in [0, 0.1) is 0 Å². The van der Waals surface area contributed by atoms with Crippen molar-refractivity contribution in [3.05, 3.63) is 70.7 Å². The van der Waals surface area contributed by atoms with Crippen LogP contribution in [0.4, 0.5) is 0 Å². The van der Waals surface area contributed by atoms with E-state index in [1.54, 1.807) is 0 Å². The molecule has 0 heterocycles. The topological polar surface area (TPSA) is 20.2 Å². The van der Waals surface area contributed by atoms with Crippen molar-refractivity contribution in [1.82, 2.24) is 0 Å². The fourth-order valence-corrected chi connectivity index (χ4v) is 2.33. The van der Waals surface area contributed by atoms with E-state index >= 15 is 0 Å². The third kappa shape index (κ3) is 2.92. The third-order valence-corrected chi connectivity index (χ3v) is 3.44. The fourth-order valence-electron chi connectivity index (χ4n) is 2.20. The van der Waals surface area contributed by atoms with E-state index in [0.29, 0.717) is 0 Å². The number of rotatable bonds is 4. The summed E-state index contributed by atoms with van der Waals surface area (Å²) in [5, 5.41) is 11.0. The van der Waals surface area contributed by atoms with Crippen LogP contribution < -0.4 is 0 Å². The van der Waals surface area contributed by atoms with Crippen LogP contribution in [0.25, 0.3) is 0 Å². The van der Waals surface area contributed by atoms with Gasteiger partial charge in [0.25, 0.3) is 0 Å². The molecule has 0 fully saturated rings. The lowest BCUT2D eigenvalue weighted by Gasteiger charge is -2.23. The highest BCUT2D eigenvalue weighted by molar-refractivity contribution is 6.30. The molecule has 2 rings (SSSR count). The van der Waals surface area contributed by atoms with Crippen LogP contribution in [-0.4, -0.2) is 11.2 Å². The summed E-state index contributed by atoms with van der Waals surface area (Å²) in [7, 11) is 0. The van der Waals surface area contributed by atoms with E-state index in [4.69, 9.17) is 11.6 Å². The Morgan fingerprint density at radius 3 is 2.06 bits per heavy atom. The Morgan fingerprint density at radius 1 is 0.944 bits per heavy atom. The SMILES string of the molecule is CCC(O)C(c1ccccc1)c1ccc(Cl)cc1. The summed E-state index contributed by atoms with van der Waals surface area (Å²) in [6.07, 6.45) is 0.343. The molecule has 0 aromatic heterocycles. The summed E-state index contributed by atoms with van der Waals surface area (Å²) in [6, 6.07) is 17.8. The molecule has 2 unspecified atom stereocenters. The Labute approximate surface area is 113 Å². The molecule has 2 aromatic rings. The Kier molecular flexibility index (Phi) is 4.40. The highest BCUT2D eigenvalue weighted by Gasteiger charge is 2.21. The lowest BCUT2D eigenvalue weighted by molar-refractivity contribution is 0.152. The lowest BCUT2D eigenvalue weighted by atomic mass is 9.85. The molecule has 18 heavy (non-hydrogen) atoms. The first-order valence-corrected chi connectivity index (χ1v) is 6.58. The molecule has 2 aromatic carbocycles. The zero-order valence-electron chi connectivity index (χ0n) is 10.4.